The molecule has 1 aromatic carbocycles. The molecule has 0 fully saturated rings. The average Bonchev–Trinajstić information content (AvgIpc) is 2.39. The van der Waals surface area contributed by atoms with Crippen molar-refractivity contribution >= 4 is 44.9 Å². The maximum Gasteiger partial charge on any atom is 0.239 e. The maximum absolute atomic E-state index is 6.07. The lowest BCUT2D eigenvalue weighted by molar-refractivity contribution is 0.455. The molecule has 106 valence electrons. The number of aromatic nitrogens is 2. The van der Waals surface area contributed by atoms with Gasteiger partial charge in [0.25, 0.3) is 0 Å². The van der Waals surface area contributed by atoms with Crippen LogP contribution in [0.4, 0.5) is 5.82 Å². The summed E-state index contributed by atoms with van der Waals surface area (Å²) in [6.07, 6.45) is 1.64. The van der Waals surface area contributed by atoms with Crippen molar-refractivity contribution in [1.82, 2.24) is 9.97 Å². The molecule has 0 spiro atoms. The lowest BCUT2D eigenvalue weighted by Crippen LogP contribution is -2.03. The van der Waals surface area contributed by atoms with E-state index in [2.05, 4.69) is 25.9 Å². The zero-order chi connectivity index (χ0) is 14.7. The Morgan fingerprint density at radius 3 is 2.70 bits per heavy atom. The van der Waals surface area contributed by atoms with E-state index >= 15 is 0 Å². The van der Waals surface area contributed by atoms with Gasteiger partial charge < -0.3 is 10.5 Å². The summed E-state index contributed by atoms with van der Waals surface area (Å²) in [5.41, 5.74) is 5.84. The summed E-state index contributed by atoms with van der Waals surface area (Å²) in [5, 5.41) is 0.939. The molecule has 0 saturated heterocycles. The van der Waals surface area contributed by atoms with Gasteiger partial charge in [-0.15, -0.1) is 0 Å². The fraction of sp³-hybridized carbons (Fsp3) is 0.231. The molecule has 20 heavy (non-hydrogen) atoms. The van der Waals surface area contributed by atoms with Crippen LogP contribution < -0.4 is 10.5 Å². The van der Waals surface area contributed by atoms with Gasteiger partial charge in [0.15, 0.2) is 0 Å². The molecule has 0 unspecified atom stereocenters. The number of aryl methyl sites for hydroxylation is 1. The van der Waals surface area contributed by atoms with E-state index < -0.39 is 0 Å². The third kappa shape index (κ3) is 3.53. The summed E-state index contributed by atoms with van der Waals surface area (Å²) in [5.74, 6) is 1.76. The Kier molecular flexibility index (Phi) is 5.07. The van der Waals surface area contributed by atoms with Gasteiger partial charge >= 0.3 is 0 Å². The summed E-state index contributed by atoms with van der Waals surface area (Å²) in [4.78, 5) is 8.52. The van der Waals surface area contributed by atoms with Crippen molar-refractivity contribution in [3.05, 3.63) is 38.5 Å². The molecule has 0 radical (unpaired) electrons. The third-order valence-electron chi connectivity index (χ3n) is 2.47. The SMILES string of the molecule is CCCc1nc(N)c(Br)c(Oc2ccc(Cl)cc2Cl)n1. The van der Waals surface area contributed by atoms with Gasteiger partial charge in [-0.1, -0.05) is 30.1 Å². The molecule has 4 nitrogen and oxygen atoms in total. The van der Waals surface area contributed by atoms with Crippen molar-refractivity contribution in [3.8, 4) is 11.6 Å². The highest BCUT2D eigenvalue weighted by molar-refractivity contribution is 9.10. The lowest BCUT2D eigenvalue weighted by Gasteiger charge is -2.11. The van der Waals surface area contributed by atoms with Crippen LogP contribution in [0, 0.1) is 0 Å². The molecule has 0 amide bonds. The summed E-state index contributed by atoms with van der Waals surface area (Å²) in [6, 6.07) is 4.97. The number of hydrogen-bond donors (Lipinski definition) is 1. The highest BCUT2D eigenvalue weighted by atomic mass is 79.9. The number of hydrogen-bond acceptors (Lipinski definition) is 4. The molecule has 2 rings (SSSR count). The Balaban J connectivity index is 2.37. The fourth-order valence-electron chi connectivity index (χ4n) is 1.55. The van der Waals surface area contributed by atoms with Crippen molar-refractivity contribution in [2.75, 3.05) is 5.73 Å². The minimum absolute atomic E-state index is 0.337. The number of halogens is 3. The van der Waals surface area contributed by atoms with Gasteiger partial charge in [-0.3, -0.25) is 0 Å². The van der Waals surface area contributed by atoms with E-state index in [-0.39, 0.29) is 0 Å². The summed E-state index contributed by atoms with van der Waals surface area (Å²) < 4.78 is 6.20. The molecule has 2 aromatic rings. The molecule has 0 aliphatic rings. The minimum Gasteiger partial charge on any atom is -0.436 e. The second kappa shape index (κ2) is 6.61. The zero-order valence-corrected chi connectivity index (χ0v) is 13.8. The van der Waals surface area contributed by atoms with E-state index in [9.17, 15) is 0 Å². The number of ether oxygens (including phenoxy) is 1. The third-order valence-corrected chi connectivity index (χ3v) is 3.74. The number of anilines is 1. The average molecular weight is 377 g/mol. The number of nitrogens with two attached hydrogens (primary N) is 1. The van der Waals surface area contributed by atoms with Crippen LogP contribution >= 0.6 is 39.1 Å². The van der Waals surface area contributed by atoms with E-state index in [1.807, 2.05) is 6.92 Å². The van der Waals surface area contributed by atoms with E-state index in [1.165, 1.54) is 0 Å². The Hall–Kier alpha value is -1.04. The van der Waals surface area contributed by atoms with Crippen LogP contribution in [0.2, 0.25) is 10.0 Å². The molecule has 1 heterocycles. The summed E-state index contributed by atoms with van der Waals surface area (Å²) >= 11 is 15.2. The van der Waals surface area contributed by atoms with E-state index in [4.69, 9.17) is 33.7 Å². The lowest BCUT2D eigenvalue weighted by atomic mass is 10.3. The van der Waals surface area contributed by atoms with E-state index in [0.717, 1.165) is 12.8 Å². The zero-order valence-electron chi connectivity index (χ0n) is 10.7. The Bertz CT molecular complexity index is 637. The van der Waals surface area contributed by atoms with Crippen LogP contribution in [-0.2, 0) is 6.42 Å². The Morgan fingerprint density at radius 1 is 1.30 bits per heavy atom. The fourth-order valence-corrected chi connectivity index (χ4v) is 2.26. The molecular weight excluding hydrogens is 365 g/mol. The van der Waals surface area contributed by atoms with Gasteiger partial charge in [0.1, 0.15) is 21.9 Å². The van der Waals surface area contributed by atoms with Gasteiger partial charge in [0.2, 0.25) is 5.88 Å². The second-order valence-corrected chi connectivity index (χ2v) is 5.71. The van der Waals surface area contributed by atoms with E-state index in [1.54, 1.807) is 18.2 Å². The first kappa shape index (κ1) is 15.4. The first-order chi connectivity index (χ1) is 9.51. The van der Waals surface area contributed by atoms with Crippen molar-refractivity contribution in [2.45, 2.75) is 19.8 Å². The molecular formula is C13H12BrCl2N3O. The number of rotatable bonds is 4. The van der Waals surface area contributed by atoms with Crippen LogP contribution in [0.5, 0.6) is 11.6 Å². The topological polar surface area (TPSA) is 61.0 Å². The van der Waals surface area contributed by atoms with Crippen molar-refractivity contribution in [1.29, 1.82) is 0 Å². The largest absolute Gasteiger partial charge is 0.436 e. The molecule has 0 saturated carbocycles. The van der Waals surface area contributed by atoms with Crippen LogP contribution in [0.3, 0.4) is 0 Å². The van der Waals surface area contributed by atoms with Crippen LogP contribution in [-0.4, -0.2) is 9.97 Å². The van der Waals surface area contributed by atoms with Crippen molar-refractivity contribution in [2.24, 2.45) is 0 Å². The van der Waals surface area contributed by atoms with Crippen molar-refractivity contribution < 1.29 is 4.74 Å². The molecule has 0 aliphatic carbocycles. The summed E-state index contributed by atoms with van der Waals surface area (Å²) in [7, 11) is 0. The first-order valence-corrected chi connectivity index (χ1v) is 7.51. The predicted octanol–water partition coefficient (Wildman–Crippen LogP) is 4.87. The number of benzene rings is 1. The van der Waals surface area contributed by atoms with Crippen LogP contribution in [0.1, 0.15) is 19.2 Å². The van der Waals surface area contributed by atoms with Crippen LogP contribution in [0.25, 0.3) is 0 Å². The molecule has 7 heteroatoms. The highest BCUT2D eigenvalue weighted by Gasteiger charge is 2.13. The first-order valence-electron chi connectivity index (χ1n) is 5.96. The molecule has 2 N–H and O–H groups in total. The Labute approximate surface area is 135 Å². The van der Waals surface area contributed by atoms with Crippen molar-refractivity contribution in [3.63, 3.8) is 0 Å². The highest BCUT2D eigenvalue weighted by Crippen LogP contribution is 2.35. The number of nitrogen functional groups attached to an aromatic ring is 1. The second-order valence-electron chi connectivity index (χ2n) is 4.07. The minimum atomic E-state index is 0.337. The van der Waals surface area contributed by atoms with Gasteiger partial charge in [-0.25, -0.2) is 4.98 Å². The van der Waals surface area contributed by atoms with Gasteiger partial charge in [0.05, 0.1) is 5.02 Å². The molecule has 0 atom stereocenters. The maximum atomic E-state index is 6.07. The number of nitrogens with zero attached hydrogens (tertiary/aromatic N) is 2. The molecule has 1 aromatic heterocycles. The standard InChI is InChI=1S/C13H12BrCl2N3O/c1-2-3-10-18-12(17)11(14)13(19-10)20-9-5-4-7(15)6-8(9)16/h4-6H,2-3H2,1H3,(H2,17,18,19). The predicted molar refractivity (Wildman–Crippen MR) is 84.7 cm³/mol. The van der Waals surface area contributed by atoms with Gasteiger partial charge in [-0.2, -0.15) is 4.98 Å². The van der Waals surface area contributed by atoms with Gasteiger partial charge in [0, 0.05) is 11.4 Å². The monoisotopic (exact) mass is 375 g/mol. The van der Waals surface area contributed by atoms with Gasteiger partial charge in [-0.05, 0) is 40.5 Å². The Morgan fingerprint density at radius 2 is 2.05 bits per heavy atom. The molecule has 0 bridgehead atoms. The summed E-state index contributed by atoms with van der Waals surface area (Å²) in [6.45, 7) is 2.04. The smallest absolute Gasteiger partial charge is 0.239 e. The van der Waals surface area contributed by atoms with Crippen LogP contribution in [0.15, 0.2) is 22.7 Å². The van der Waals surface area contributed by atoms with E-state index in [0.29, 0.717) is 37.8 Å². The normalized spacial score (nSPS) is 10.6. The quantitative estimate of drug-likeness (QED) is 0.826. The molecule has 0 aliphatic heterocycles.